The van der Waals surface area contributed by atoms with Gasteiger partial charge in [0, 0.05) is 0 Å². The van der Waals surface area contributed by atoms with Gasteiger partial charge in [0.25, 0.3) is 0 Å². The molecule has 2 aromatic rings. The summed E-state index contributed by atoms with van der Waals surface area (Å²) in [4.78, 5) is 28.7. The van der Waals surface area contributed by atoms with E-state index >= 15 is 0 Å². The van der Waals surface area contributed by atoms with Gasteiger partial charge in [-0.2, -0.15) is 10.4 Å². The first-order chi connectivity index (χ1) is 19.4. The molecule has 17 heteroatoms. The molecular weight excluding hydrogens is 575 g/mol. The number of ether oxygens (including phenoxy) is 3. The smallest absolute Gasteiger partial charge is 0.409 e. The van der Waals surface area contributed by atoms with Crippen molar-refractivity contribution >= 4 is 31.0 Å². The number of aromatic nitrogens is 3. The highest BCUT2D eigenvalue weighted by Crippen LogP contribution is 2.48. The van der Waals surface area contributed by atoms with Crippen LogP contribution in [0.15, 0.2) is 18.5 Å². The monoisotopic (exact) mass is 612 g/mol. The van der Waals surface area contributed by atoms with E-state index in [1.807, 2.05) is 6.07 Å². The first kappa shape index (κ1) is 33.3. The van der Waals surface area contributed by atoms with Gasteiger partial charge in [0.05, 0.1) is 23.8 Å². The Bertz CT molecular complexity index is 1400. The minimum atomic E-state index is -4.53. The summed E-state index contributed by atoms with van der Waals surface area (Å²) in [6, 6.07) is 4.83. The van der Waals surface area contributed by atoms with Crippen molar-refractivity contribution in [1.82, 2.24) is 19.7 Å². The average Bonchev–Trinajstić information content (AvgIpc) is 3.42. The summed E-state index contributed by atoms with van der Waals surface area (Å²) < 4.78 is 42.0. The Morgan fingerprint density at radius 1 is 1.24 bits per heavy atom. The fourth-order valence-corrected chi connectivity index (χ4v) is 5.45. The summed E-state index contributed by atoms with van der Waals surface area (Å²) in [5.74, 6) is -1.34. The third-order valence-corrected chi connectivity index (χ3v) is 7.96. The molecule has 5 N–H and O–H groups in total. The van der Waals surface area contributed by atoms with E-state index in [9.17, 15) is 29.6 Å². The number of nitrogen functional groups attached to an aromatic ring is 1. The van der Waals surface area contributed by atoms with Crippen molar-refractivity contribution in [1.29, 1.82) is 5.26 Å². The Kier molecular flexibility index (Phi) is 9.70. The van der Waals surface area contributed by atoms with Gasteiger partial charge < -0.3 is 30.2 Å². The van der Waals surface area contributed by atoms with Crippen LogP contribution in [0.4, 0.5) is 5.82 Å². The van der Waals surface area contributed by atoms with Gasteiger partial charge in [-0.15, -0.1) is 0 Å². The molecule has 232 valence electrons. The Hall–Kier alpha value is -3.16. The average molecular weight is 613 g/mol. The molecule has 2 aromatic heterocycles. The van der Waals surface area contributed by atoms with Gasteiger partial charge in [0.2, 0.25) is 12.4 Å². The third-order valence-electron chi connectivity index (χ3n) is 6.19. The van der Waals surface area contributed by atoms with Crippen LogP contribution in [0.25, 0.3) is 5.52 Å². The second kappa shape index (κ2) is 12.2. The number of nitrogens with two attached hydrogens (primary N) is 1. The van der Waals surface area contributed by atoms with Gasteiger partial charge in [0.15, 0.2) is 5.82 Å². The molecule has 0 aromatic carbocycles. The lowest BCUT2D eigenvalue weighted by Gasteiger charge is -2.30. The van der Waals surface area contributed by atoms with Gasteiger partial charge in [-0.25, -0.2) is 19.2 Å². The van der Waals surface area contributed by atoms with Gasteiger partial charge in [0.1, 0.15) is 41.8 Å². The van der Waals surface area contributed by atoms with E-state index in [0.717, 1.165) is 6.33 Å². The zero-order valence-electron chi connectivity index (χ0n) is 24.4. The molecule has 16 nitrogen and oxygen atoms in total. The zero-order valence-corrected chi connectivity index (χ0v) is 25.3. The van der Waals surface area contributed by atoms with Crippen LogP contribution in [0.5, 0.6) is 0 Å². The Morgan fingerprint density at radius 3 is 2.50 bits per heavy atom. The number of rotatable bonds is 11. The van der Waals surface area contributed by atoms with E-state index in [2.05, 4.69) is 15.2 Å². The lowest BCUT2D eigenvalue weighted by Crippen LogP contribution is -2.47. The van der Waals surface area contributed by atoms with Crippen molar-refractivity contribution in [3.8, 4) is 6.07 Å². The normalized spacial score (nSPS) is 24.4. The fraction of sp³-hybridized carbons (Fsp3) is 0.640. The summed E-state index contributed by atoms with van der Waals surface area (Å²) in [6.45, 7) is 9.31. The van der Waals surface area contributed by atoms with Crippen LogP contribution >= 0.6 is 7.75 Å². The molecule has 0 radical (unpaired) electrons. The predicted molar refractivity (Wildman–Crippen MR) is 145 cm³/mol. The number of nitrogens with one attached hydrogen (secondary N) is 1. The SMILES string of the molecule is CC(C)OC(=O)C(C)(C)NP(=O)(OCOC(=O)C(C)(C)C)OC[C@H]1O[C@@](C#N)(c2ccc3c(N)ncnn23)[C@H](O)[C@@H]1O. The Morgan fingerprint density at radius 2 is 1.90 bits per heavy atom. The summed E-state index contributed by atoms with van der Waals surface area (Å²) in [5.41, 5.74) is 1.60. The maximum absolute atomic E-state index is 13.8. The Balaban J connectivity index is 1.85. The molecule has 42 heavy (non-hydrogen) atoms. The van der Waals surface area contributed by atoms with Gasteiger partial charge in [-0.05, 0) is 60.6 Å². The van der Waals surface area contributed by atoms with Crippen molar-refractivity contribution < 1.29 is 47.6 Å². The molecule has 0 amide bonds. The van der Waals surface area contributed by atoms with E-state index in [1.54, 1.807) is 34.6 Å². The van der Waals surface area contributed by atoms with Crippen LogP contribution < -0.4 is 10.8 Å². The maximum Gasteiger partial charge on any atom is 0.409 e. The van der Waals surface area contributed by atoms with Crippen LogP contribution in [0.2, 0.25) is 0 Å². The van der Waals surface area contributed by atoms with Gasteiger partial charge in [-0.3, -0.25) is 18.6 Å². The van der Waals surface area contributed by atoms with E-state index < -0.39 is 74.1 Å². The molecule has 1 unspecified atom stereocenters. The van der Waals surface area contributed by atoms with Crippen molar-refractivity contribution in [2.75, 3.05) is 19.1 Å². The van der Waals surface area contributed by atoms with Crippen LogP contribution in [-0.2, 0) is 43.0 Å². The molecule has 0 saturated carbocycles. The van der Waals surface area contributed by atoms with Crippen molar-refractivity contribution in [3.63, 3.8) is 0 Å². The number of esters is 2. The van der Waals surface area contributed by atoms with Crippen molar-refractivity contribution in [2.24, 2.45) is 5.41 Å². The van der Waals surface area contributed by atoms with E-state index in [4.69, 9.17) is 29.0 Å². The number of carbonyl (C=O) groups excluding carboxylic acids is 2. The number of hydrogen-bond acceptors (Lipinski definition) is 14. The number of carbonyl (C=O) groups is 2. The van der Waals surface area contributed by atoms with Crippen molar-refractivity contribution in [3.05, 3.63) is 24.2 Å². The molecular formula is C25H37N6O10P. The summed E-state index contributed by atoms with van der Waals surface area (Å²) >= 11 is 0. The largest absolute Gasteiger partial charge is 0.462 e. The number of anilines is 1. The molecule has 5 atom stereocenters. The van der Waals surface area contributed by atoms with E-state index in [1.165, 1.54) is 30.5 Å². The molecule has 1 aliphatic heterocycles. The van der Waals surface area contributed by atoms with Crippen LogP contribution in [-0.4, -0.2) is 80.1 Å². The number of hydrogen-bond donors (Lipinski definition) is 4. The van der Waals surface area contributed by atoms with Crippen molar-refractivity contribution in [2.45, 2.75) is 84.0 Å². The lowest BCUT2D eigenvalue weighted by atomic mass is 9.92. The molecule has 0 bridgehead atoms. The molecule has 1 fully saturated rings. The second-order valence-corrected chi connectivity index (χ2v) is 13.2. The lowest BCUT2D eigenvalue weighted by molar-refractivity contribution is -0.161. The molecule has 0 aliphatic carbocycles. The number of aliphatic hydroxyl groups excluding tert-OH is 2. The van der Waals surface area contributed by atoms with Crippen LogP contribution in [0.1, 0.15) is 54.2 Å². The standard InChI is InChI=1S/C25H37N6O10P/c1-14(2)40-22(35)24(6,7)30-42(36,39-13-37-21(34)23(3,4)5)38-10-16-18(32)19(33)25(11-26,41-16)17-9-8-15-20(27)28-12-29-31(15)17/h8-9,12,14,16,18-19,32-33H,10,13H2,1-7H3,(H,30,36)(H2,27,28,29)/t16-,18-,19-,25+,42?/m1/s1. The summed E-state index contributed by atoms with van der Waals surface area (Å²) in [5, 5.41) is 38.4. The zero-order chi connectivity index (χ0) is 31.7. The molecule has 1 aliphatic rings. The van der Waals surface area contributed by atoms with Gasteiger partial charge >= 0.3 is 19.7 Å². The number of nitrogens with zero attached hydrogens (tertiary/aromatic N) is 4. The topological polar surface area (TPSA) is 230 Å². The minimum Gasteiger partial charge on any atom is -0.462 e. The van der Waals surface area contributed by atoms with Crippen LogP contribution in [0, 0.1) is 16.7 Å². The van der Waals surface area contributed by atoms with Crippen LogP contribution in [0.3, 0.4) is 0 Å². The van der Waals surface area contributed by atoms with Gasteiger partial charge in [-0.1, -0.05) is 0 Å². The summed E-state index contributed by atoms with van der Waals surface area (Å²) in [6.07, 6.45) is -4.27. The number of aliphatic hydroxyl groups is 2. The minimum absolute atomic E-state index is 0.0485. The first-order valence-corrected chi connectivity index (χ1v) is 14.5. The highest BCUT2D eigenvalue weighted by atomic mass is 31.2. The highest BCUT2D eigenvalue weighted by Gasteiger charge is 2.58. The maximum atomic E-state index is 13.8. The predicted octanol–water partition coefficient (Wildman–Crippen LogP) is 1.16. The number of nitriles is 1. The first-order valence-electron chi connectivity index (χ1n) is 13.0. The van der Waals surface area contributed by atoms with E-state index in [0.29, 0.717) is 5.52 Å². The third kappa shape index (κ3) is 6.90. The quantitative estimate of drug-likeness (QED) is 0.158. The number of fused-ring (bicyclic) bond motifs is 1. The molecule has 1 saturated heterocycles. The molecule has 3 rings (SSSR count). The molecule has 0 spiro atoms. The fourth-order valence-electron chi connectivity index (χ4n) is 3.94. The highest BCUT2D eigenvalue weighted by molar-refractivity contribution is 7.51. The summed E-state index contributed by atoms with van der Waals surface area (Å²) in [7, 11) is -4.53. The molecule has 3 heterocycles. The second-order valence-electron chi connectivity index (χ2n) is 11.5. The van der Waals surface area contributed by atoms with E-state index in [-0.39, 0.29) is 11.5 Å². The Labute approximate surface area is 242 Å².